The van der Waals surface area contributed by atoms with Gasteiger partial charge < -0.3 is 5.73 Å². The second kappa shape index (κ2) is 2.85. The van der Waals surface area contributed by atoms with Crippen LogP contribution in [0, 0.1) is 0 Å². The van der Waals surface area contributed by atoms with Gasteiger partial charge in [-0.2, -0.15) is 0 Å². The highest BCUT2D eigenvalue weighted by atomic mass is 79.9. The molecule has 2 fully saturated rings. The van der Waals surface area contributed by atoms with E-state index in [9.17, 15) is 8.78 Å². The van der Waals surface area contributed by atoms with Gasteiger partial charge in [-0.25, -0.2) is 8.78 Å². The van der Waals surface area contributed by atoms with Gasteiger partial charge in [-0.3, -0.25) is 0 Å². The normalized spacial score (nSPS) is 33.5. The Balaban J connectivity index is 1.99. The molecule has 2 aliphatic carbocycles. The summed E-state index contributed by atoms with van der Waals surface area (Å²) in [5.41, 5.74) is 5.05. The van der Waals surface area contributed by atoms with Gasteiger partial charge in [-0.1, -0.05) is 28.1 Å². The first kappa shape index (κ1) is 10.7. The fourth-order valence-electron chi connectivity index (χ4n) is 2.71. The lowest BCUT2D eigenvalue weighted by Gasteiger charge is -2.23. The molecule has 0 heterocycles. The van der Waals surface area contributed by atoms with Crippen LogP contribution < -0.4 is 5.73 Å². The van der Waals surface area contributed by atoms with Crippen LogP contribution in [0.5, 0.6) is 0 Å². The molecule has 2 aliphatic rings. The zero-order valence-electron chi connectivity index (χ0n) is 8.64. The summed E-state index contributed by atoms with van der Waals surface area (Å²) >= 11 is 3.34. The van der Waals surface area contributed by atoms with Crippen molar-refractivity contribution in [3.63, 3.8) is 0 Å². The Hall–Kier alpha value is -0.480. The van der Waals surface area contributed by atoms with Crippen LogP contribution in [0.2, 0.25) is 0 Å². The van der Waals surface area contributed by atoms with Gasteiger partial charge in [0.2, 0.25) is 0 Å². The number of nitrogens with two attached hydrogens (primary N) is 1. The Morgan fingerprint density at radius 3 is 2.00 bits per heavy atom. The van der Waals surface area contributed by atoms with Crippen molar-refractivity contribution >= 4 is 15.9 Å². The van der Waals surface area contributed by atoms with E-state index in [2.05, 4.69) is 15.9 Å². The molecular formula is C12H12BrF2N. The summed E-state index contributed by atoms with van der Waals surface area (Å²) in [7, 11) is 0. The Labute approximate surface area is 101 Å². The lowest BCUT2D eigenvalue weighted by molar-refractivity contribution is 0.0788. The lowest BCUT2D eigenvalue weighted by atomic mass is 9.86. The molecule has 4 heteroatoms. The number of alkyl halides is 2. The molecule has 1 nitrogen and oxygen atoms in total. The predicted molar refractivity (Wildman–Crippen MR) is 61.5 cm³/mol. The minimum atomic E-state index is -2.68. The fraction of sp³-hybridized carbons (Fsp3) is 0.500. The first-order chi connectivity index (χ1) is 7.41. The predicted octanol–water partition coefficient (Wildman–Crippen LogP) is 3.22. The smallest absolute Gasteiger partial charge is 0.268 e. The number of hydrogen-bond donors (Lipinski definition) is 1. The number of rotatable bonds is 2. The van der Waals surface area contributed by atoms with E-state index in [0.29, 0.717) is 0 Å². The van der Waals surface area contributed by atoms with Crippen LogP contribution >= 0.6 is 15.9 Å². The summed E-state index contributed by atoms with van der Waals surface area (Å²) < 4.78 is 27.7. The van der Waals surface area contributed by atoms with E-state index in [4.69, 9.17) is 5.73 Å². The van der Waals surface area contributed by atoms with Gasteiger partial charge in [0, 0.05) is 16.3 Å². The van der Waals surface area contributed by atoms with Crippen LogP contribution in [-0.4, -0.2) is 11.5 Å². The van der Waals surface area contributed by atoms with Gasteiger partial charge in [-0.15, -0.1) is 0 Å². The Bertz CT molecular complexity index is 439. The first-order valence-corrected chi connectivity index (χ1v) is 6.13. The van der Waals surface area contributed by atoms with Gasteiger partial charge >= 0.3 is 0 Å². The number of hydrogen-bond acceptors (Lipinski definition) is 1. The average molecular weight is 288 g/mol. The monoisotopic (exact) mass is 287 g/mol. The van der Waals surface area contributed by atoms with E-state index in [-0.39, 0.29) is 6.42 Å². The fourth-order valence-corrected chi connectivity index (χ4v) is 2.98. The molecule has 1 unspecified atom stereocenters. The number of halogens is 3. The highest BCUT2D eigenvalue weighted by Gasteiger charge is 2.81. The van der Waals surface area contributed by atoms with Crippen molar-refractivity contribution < 1.29 is 8.78 Å². The highest BCUT2D eigenvalue weighted by molar-refractivity contribution is 9.10. The van der Waals surface area contributed by atoms with Gasteiger partial charge in [-0.05, 0) is 30.5 Å². The Kier molecular flexibility index (Phi) is 1.90. The maximum atomic E-state index is 13.3. The highest BCUT2D eigenvalue weighted by Crippen LogP contribution is 2.69. The molecular weight excluding hydrogens is 276 g/mol. The molecule has 2 N–H and O–H groups in total. The van der Waals surface area contributed by atoms with Gasteiger partial charge in [0.1, 0.15) is 0 Å². The third kappa shape index (κ3) is 1.17. The molecule has 2 saturated carbocycles. The standard InChI is InChI=1S/C12H12BrF2N/c13-9-3-1-8(2-4-9)10(5-6-10)11(16)7-12(11,14)15/h1-4H,5-7,16H2. The molecule has 1 aromatic rings. The van der Waals surface area contributed by atoms with Crippen molar-refractivity contribution in [2.45, 2.75) is 36.1 Å². The topological polar surface area (TPSA) is 26.0 Å². The molecule has 1 aromatic carbocycles. The second-order valence-electron chi connectivity index (χ2n) is 4.94. The molecule has 0 radical (unpaired) electrons. The van der Waals surface area contributed by atoms with E-state index in [1.165, 1.54) is 0 Å². The quantitative estimate of drug-likeness (QED) is 0.888. The summed E-state index contributed by atoms with van der Waals surface area (Å²) in [5.74, 6) is -2.68. The molecule has 0 bridgehead atoms. The van der Waals surface area contributed by atoms with Gasteiger partial charge in [0.25, 0.3) is 5.92 Å². The summed E-state index contributed by atoms with van der Waals surface area (Å²) in [5, 5.41) is 0. The summed E-state index contributed by atoms with van der Waals surface area (Å²) in [6, 6.07) is 7.58. The molecule has 3 rings (SSSR count). The molecule has 0 aliphatic heterocycles. The molecule has 0 spiro atoms. The van der Waals surface area contributed by atoms with Gasteiger partial charge in [0.15, 0.2) is 0 Å². The second-order valence-corrected chi connectivity index (χ2v) is 5.86. The van der Waals surface area contributed by atoms with Crippen molar-refractivity contribution in [2.24, 2.45) is 5.73 Å². The molecule has 0 amide bonds. The third-order valence-corrected chi connectivity index (χ3v) is 4.56. The average Bonchev–Trinajstić information content (AvgIpc) is 3.07. The van der Waals surface area contributed by atoms with E-state index < -0.39 is 16.9 Å². The zero-order chi connectivity index (χ0) is 11.6. The van der Waals surface area contributed by atoms with E-state index >= 15 is 0 Å². The van der Waals surface area contributed by atoms with Crippen LogP contribution in [0.15, 0.2) is 28.7 Å². The van der Waals surface area contributed by atoms with Crippen molar-refractivity contribution in [1.82, 2.24) is 0 Å². The van der Waals surface area contributed by atoms with Crippen LogP contribution in [0.4, 0.5) is 8.78 Å². The van der Waals surface area contributed by atoms with Crippen molar-refractivity contribution in [2.75, 3.05) is 0 Å². The maximum absolute atomic E-state index is 13.3. The third-order valence-electron chi connectivity index (χ3n) is 4.03. The van der Waals surface area contributed by atoms with E-state index in [0.717, 1.165) is 22.9 Å². The minimum absolute atomic E-state index is 0.171. The van der Waals surface area contributed by atoms with E-state index in [1.54, 1.807) is 0 Å². The van der Waals surface area contributed by atoms with Crippen LogP contribution in [-0.2, 0) is 5.41 Å². The Morgan fingerprint density at radius 1 is 1.12 bits per heavy atom. The Morgan fingerprint density at radius 2 is 1.62 bits per heavy atom. The van der Waals surface area contributed by atoms with Crippen LogP contribution in [0.3, 0.4) is 0 Å². The summed E-state index contributed by atoms with van der Waals surface area (Å²) in [6.45, 7) is 0. The zero-order valence-corrected chi connectivity index (χ0v) is 10.2. The molecule has 86 valence electrons. The molecule has 16 heavy (non-hydrogen) atoms. The minimum Gasteiger partial charge on any atom is -0.319 e. The maximum Gasteiger partial charge on any atom is 0.268 e. The van der Waals surface area contributed by atoms with Crippen molar-refractivity contribution in [3.05, 3.63) is 34.3 Å². The largest absolute Gasteiger partial charge is 0.319 e. The van der Waals surface area contributed by atoms with E-state index in [1.807, 2.05) is 24.3 Å². The first-order valence-electron chi connectivity index (χ1n) is 5.34. The summed E-state index contributed by atoms with van der Waals surface area (Å²) in [6.07, 6.45) is 1.39. The van der Waals surface area contributed by atoms with Crippen molar-refractivity contribution in [1.29, 1.82) is 0 Å². The van der Waals surface area contributed by atoms with Crippen molar-refractivity contribution in [3.8, 4) is 0 Å². The van der Waals surface area contributed by atoms with Gasteiger partial charge in [0.05, 0.1) is 5.54 Å². The number of benzene rings is 1. The summed E-state index contributed by atoms with van der Waals surface area (Å²) in [4.78, 5) is 0. The van der Waals surface area contributed by atoms with Crippen LogP contribution in [0.1, 0.15) is 24.8 Å². The SMILES string of the molecule is NC1(C2(c3ccc(Br)cc3)CC2)CC1(F)F. The van der Waals surface area contributed by atoms with Crippen LogP contribution in [0.25, 0.3) is 0 Å². The molecule has 0 saturated heterocycles. The molecule has 1 atom stereocenters. The lowest BCUT2D eigenvalue weighted by Crippen LogP contribution is -2.43. The molecule has 0 aromatic heterocycles.